The average molecular weight is 322 g/mol. The van der Waals surface area contributed by atoms with E-state index in [0.717, 1.165) is 13.0 Å². The highest BCUT2D eigenvalue weighted by atomic mass is 16.3. The number of rotatable bonds is 9. The van der Waals surface area contributed by atoms with Crippen LogP contribution in [0.5, 0.6) is 0 Å². The Morgan fingerprint density at radius 1 is 1.17 bits per heavy atom. The summed E-state index contributed by atoms with van der Waals surface area (Å²) in [5.41, 5.74) is 5.40. The number of anilines is 2. The predicted octanol–water partition coefficient (Wildman–Crippen LogP) is -1.25. The normalized spacial score (nSPS) is 17.3. The van der Waals surface area contributed by atoms with Crippen molar-refractivity contribution in [1.82, 2.24) is 10.2 Å². The summed E-state index contributed by atoms with van der Waals surface area (Å²) in [5, 5.41) is 15.6. The molecule has 0 aromatic heterocycles. The Kier molecular flexibility index (Phi) is 5.05. The highest BCUT2D eigenvalue weighted by Gasteiger charge is 2.39. The maximum absolute atomic E-state index is 11.7. The number of nitrogens with two attached hydrogens (primary N) is 1. The van der Waals surface area contributed by atoms with Gasteiger partial charge in [0.25, 0.3) is 10.9 Å². The molecule has 1 aliphatic carbocycles. The molecule has 0 bridgehead atoms. The van der Waals surface area contributed by atoms with Crippen molar-refractivity contribution in [2.45, 2.75) is 25.9 Å². The van der Waals surface area contributed by atoms with Gasteiger partial charge in [0.2, 0.25) is 5.78 Å². The molecule has 126 valence electrons. The number of aliphatic hydroxyl groups is 1. The lowest BCUT2D eigenvalue weighted by molar-refractivity contribution is -0.126. The van der Waals surface area contributed by atoms with E-state index in [4.69, 9.17) is 5.73 Å². The second kappa shape index (κ2) is 6.82. The van der Waals surface area contributed by atoms with E-state index in [9.17, 15) is 19.5 Å². The van der Waals surface area contributed by atoms with Crippen LogP contribution in [-0.2, 0) is 4.79 Å². The Balaban J connectivity index is 1.80. The van der Waals surface area contributed by atoms with Gasteiger partial charge in [0, 0.05) is 26.7 Å². The first kappa shape index (κ1) is 17.0. The Hall–Kier alpha value is -2.35. The number of nitrogens with zero attached hydrogens (tertiary/aromatic N) is 1. The molecule has 1 unspecified atom stereocenters. The number of nitrogen functional groups attached to an aromatic ring is 1. The first-order valence-electron chi connectivity index (χ1n) is 7.64. The van der Waals surface area contributed by atoms with Crippen LogP contribution in [0, 0.1) is 0 Å². The number of Topliss-reactive ketones (excluding diaryl/α,β-unsaturated/α-hetero) is 1. The number of carbonyl (C=O) groups is 1. The fraction of sp³-hybridized carbons (Fsp3) is 0.533. The number of carbonyl (C=O) groups excluding carboxylic acids is 1. The lowest BCUT2D eigenvalue weighted by Gasteiger charge is -2.35. The topological polar surface area (TPSA) is 125 Å². The number of nitrogens with one attached hydrogen (secondary N) is 2. The predicted molar refractivity (Wildman–Crippen MR) is 87.8 cm³/mol. The second-order valence-corrected chi connectivity index (χ2v) is 5.60. The molecule has 0 fully saturated rings. The van der Waals surface area contributed by atoms with E-state index in [1.165, 1.54) is 0 Å². The maximum Gasteiger partial charge on any atom is 0.253 e. The molecule has 2 rings (SSSR count). The summed E-state index contributed by atoms with van der Waals surface area (Å²) in [4.78, 5) is 35.7. The van der Waals surface area contributed by atoms with E-state index in [-0.39, 0.29) is 17.2 Å². The molecule has 8 heteroatoms. The van der Waals surface area contributed by atoms with Gasteiger partial charge >= 0.3 is 0 Å². The quantitative estimate of drug-likeness (QED) is 0.328. The van der Waals surface area contributed by atoms with Crippen LogP contribution < -0.4 is 27.2 Å². The molecule has 1 aromatic carbocycles. The molecule has 23 heavy (non-hydrogen) atoms. The van der Waals surface area contributed by atoms with Crippen molar-refractivity contribution in [3.63, 3.8) is 0 Å². The zero-order valence-electron chi connectivity index (χ0n) is 13.3. The SMILES string of the molecule is CCCN(C)C1=C(NCCCNc2c(N)c(=O)c2=O)C(=O)C1O. The van der Waals surface area contributed by atoms with Crippen molar-refractivity contribution in [1.29, 1.82) is 0 Å². The van der Waals surface area contributed by atoms with Crippen LogP contribution in [0.2, 0.25) is 0 Å². The van der Waals surface area contributed by atoms with Crippen LogP contribution in [0.4, 0.5) is 11.4 Å². The number of hydrogen-bond donors (Lipinski definition) is 4. The minimum atomic E-state index is -1.05. The molecule has 8 nitrogen and oxygen atoms in total. The van der Waals surface area contributed by atoms with Gasteiger partial charge in [-0.15, -0.1) is 0 Å². The molecule has 0 spiro atoms. The van der Waals surface area contributed by atoms with Gasteiger partial charge in [0.05, 0.1) is 5.70 Å². The zero-order chi connectivity index (χ0) is 17.1. The van der Waals surface area contributed by atoms with Gasteiger partial charge in [0.15, 0.2) is 6.10 Å². The average Bonchev–Trinajstić information content (AvgIpc) is 2.55. The highest BCUT2D eigenvalue weighted by Crippen LogP contribution is 2.25. The van der Waals surface area contributed by atoms with E-state index < -0.39 is 17.0 Å². The van der Waals surface area contributed by atoms with Gasteiger partial charge < -0.3 is 26.4 Å². The molecular formula is C15H22N4O4. The van der Waals surface area contributed by atoms with Gasteiger partial charge in [-0.25, -0.2) is 0 Å². The third-order valence-electron chi connectivity index (χ3n) is 3.88. The van der Waals surface area contributed by atoms with Crippen molar-refractivity contribution in [3.8, 4) is 0 Å². The molecule has 0 radical (unpaired) electrons. The molecular weight excluding hydrogens is 300 g/mol. The molecule has 0 amide bonds. The molecule has 0 saturated heterocycles. The monoisotopic (exact) mass is 322 g/mol. The zero-order valence-corrected chi connectivity index (χ0v) is 13.3. The van der Waals surface area contributed by atoms with E-state index in [1.807, 2.05) is 18.9 Å². The molecule has 0 aliphatic heterocycles. The number of ketones is 1. The fourth-order valence-electron chi connectivity index (χ4n) is 2.58. The Bertz CT molecular complexity index is 703. The largest absolute Gasteiger partial charge is 0.394 e. The van der Waals surface area contributed by atoms with Crippen molar-refractivity contribution < 1.29 is 9.90 Å². The van der Waals surface area contributed by atoms with Crippen LogP contribution in [0.3, 0.4) is 0 Å². The maximum atomic E-state index is 11.7. The summed E-state index contributed by atoms with van der Waals surface area (Å²) in [6.45, 7) is 3.73. The molecule has 1 aromatic rings. The lowest BCUT2D eigenvalue weighted by atomic mass is 9.93. The third-order valence-corrected chi connectivity index (χ3v) is 3.88. The van der Waals surface area contributed by atoms with E-state index in [2.05, 4.69) is 10.6 Å². The number of hydrogen-bond acceptors (Lipinski definition) is 8. The molecule has 1 aliphatic rings. The van der Waals surface area contributed by atoms with Gasteiger partial charge in [-0.1, -0.05) is 6.92 Å². The summed E-state index contributed by atoms with van der Waals surface area (Å²) >= 11 is 0. The lowest BCUT2D eigenvalue weighted by Crippen LogP contribution is -2.49. The molecule has 5 N–H and O–H groups in total. The summed E-state index contributed by atoms with van der Waals surface area (Å²) in [7, 11) is 1.84. The van der Waals surface area contributed by atoms with Crippen LogP contribution in [0.1, 0.15) is 19.8 Å². The van der Waals surface area contributed by atoms with Crippen molar-refractivity contribution in [3.05, 3.63) is 31.8 Å². The van der Waals surface area contributed by atoms with Gasteiger partial charge in [-0.2, -0.15) is 0 Å². The summed E-state index contributed by atoms with van der Waals surface area (Å²) in [5.74, 6) is -0.303. The first-order valence-corrected chi connectivity index (χ1v) is 7.64. The molecule has 0 saturated carbocycles. The summed E-state index contributed by atoms with van der Waals surface area (Å²) in [6.07, 6.45) is 0.493. The standard InChI is InChI=1S/C15H22N4O4/c1-3-7-19(2)11-10(14(22)15(11)23)18-6-4-5-17-9-8(16)12(20)13(9)21/h15,17-18,23H,3-7,16H2,1-2H3. The van der Waals surface area contributed by atoms with Crippen molar-refractivity contribution >= 4 is 17.2 Å². The Labute approximate surface area is 133 Å². The smallest absolute Gasteiger partial charge is 0.253 e. The summed E-state index contributed by atoms with van der Waals surface area (Å²) < 4.78 is 0. The van der Waals surface area contributed by atoms with Gasteiger partial charge in [-0.3, -0.25) is 14.4 Å². The molecule has 1 atom stereocenters. The number of likely N-dealkylation sites (N-methyl/N-ethyl adjacent to an activating group) is 1. The Morgan fingerprint density at radius 2 is 1.83 bits per heavy atom. The van der Waals surface area contributed by atoms with Crippen molar-refractivity contribution in [2.75, 3.05) is 37.7 Å². The van der Waals surface area contributed by atoms with Gasteiger partial charge in [0.1, 0.15) is 17.1 Å². The Morgan fingerprint density at radius 3 is 2.43 bits per heavy atom. The van der Waals surface area contributed by atoms with Crippen LogP contribution in [0.15, 0.2) is 21.0 Å². The fourth-order valence-corrected chi connectivity index (χ4v) is 2.58. The van der Waals surface area contributed by atoms with Crippen LogP contribution in [0.25, 0.3) is 0 Å². The molecule has 0 heterocycles. The highest BCUT2D eigenvalue weighted by molar-refractivity contribution is 6.07. The van der Waals surface area contributed by atoms with E-state index in [0.29, 0.717) is 30.9 Å². The third kappa shape index (κ3) is 3.07. The van der Waals surface area contributed by atoms with Crippen LogP contribution in [-0.4, -0.2) is 48.6 Å². The van der Waals surface area contributed by atoms with Crippen LogP contribution >= 0.6 is 0 Å². The van der Waals surface area contributed by atoms with Crippen molar-refractivity contribution in [2.24, 2.45) is 0 Å². The van der Waals surface area contributed by atoms with E-state index in [1.54, 1.807) is 0 Å². The van der Waals surface area contributed by atoms with E-state index >= 15 is 0 Å². The summed E-state index contributed by atoms with van der Waals surface area (Å²) in [6, 6.07) is 0. The minimum Gasteiger partial charge on any atom is -0.394 e. The van der Waals surface area contributed by atoms with Gasteiger partial charge in [-0.05, 0) is 12.8 Å². The minimum absolute atomic E-state index is 0.0218. The second-order valence-electron chi connectivity index (χ2n) is 5.60. The first-order chi connectivity index (χ1) is 10.9. The number of aliphatic hydroxyl groups excluding tert-OH is 1.